The third-order valence-corrected chi connectivity index (χ3v) is 4.46. The molecule has 0 saturated carbocycles. The van der Waals surface area contributed by atoms with Gasteiger partial charge in [0.2, 0.25) is 0 Å². The summed E-state index contributed by atoms with van der Waals surface area (Å²) in [6.45, 7) is 4.33. The lowest BCUT2D eigenvalue weighted by atomic mass is 9.97. The van der Waals surface area contributed by atoms with Crippen LogP contribution in [-0.2, 0) is 6.61 Å². The molecule has 3 aromatic carbocycles. The van der Waals surface area contributed by atoms with Crippen molar-refractivity contribution in [3.05, 3.63) is 87.9 Å². The Morgan fingerprint density at radius 1 is 1.00 bits per heavy atom. The largest absolute Gasteiger partial charge is 0.488 e. The van der Waals surface area contributed by atoms with Crippen molar-refractivity contribution < 1.29 is 14.6 Å². The van der Waals surface area contributed by atoms with Crippen LogP contribution in [0.2, 0.25) is 5.02 Å². The predicted octanol–water partition coefficient (Wildman–Crippen LogP) is 5.90. The van der Waals surface area contributed by atoms with Crippen molar-refractivity contribution in [1.29, 1.82) is 0 Å². The van der Waals surface area contributed by atoms with Gasteiger partial charge in [-0.15, -0.1) is 0 Å². The van der Waals surface area contributed by atoms with Crippen molar-refractivity contribution in [2.24, 2.45) is 0 Å². The minimum absolute atomic E-state index is 0.149. The summed E-state index contributed by atoms with van der Waals surface area (Å²) in [4.78, 5) is 11.7. The van der Waals surface area contributed by atoms with Gasteiger partial charge in [0.15, 0.2) is 0 Å². The van der Waals surface area contributed by atoms with Crippen molar-refractivity contribution in [2.75, 3.05) is 0 Å². The van der Waals surface area contributed by atoms with Crippen LogP contribution in [0.25, 0.3) is 11.1 Å². The SMILES string of the molecule is Cc1ccc(-c2ccc(OCc3ccc(Cl)cc3)c(C(=O)O)c2)c(C)c1. The Morgan fingerprint density at radius 3 is 2.38 bits per heavy atom. The summed E-state index contributed by atoms with van der Waals surface area (Å²) in [5.74, 6) is -0.663. The average Bonchev–Trinajstić information content (AvgIpc) is 2.61. The van der Waals surface area contributed by atoms with Crippen LogP contribution in [-0.4, -0.2) is 11.1 Å². The highest BCUT2D eigenvalue weighted by Crippen LogP contribution is 2.30. The quantitative estimate of drug-likeness (QED) is 0.611. The molecule has 0 unspecified atom stereocenters. The van der Waals surface area contributed by atoms with Crippen LogP contribution in [0.5, 0.6) is 5.75 Å². The van der Waals surface area contributed by atoms with E-state index in [0.29, 0.717) is 10.8 Å². The molecule has 3 aromatic rings. The molecule has 0 saturated heterocycles. The lowest BCUT2D eigenvalue weighted by Crippen LogP contribution is -2.04. The fourth-order valence-corrected chi connectivity index (χ4v) is 3.00. The Kier molecular flexibility index (Phi) is 5.29. The molecule has 0 aromatic heterocycles. The Hall–Kier alpha value is -2.78. The van der Waals surface area contributed by atoms with Gasteiger partial charge in [-0.2, -0.15) is 0 Å². The second-order valence-corrected chi connectivity index (χ2v) is 6.69. The van der Waals surface area contributed by atoms with Gasteiger partial charge in [-0.05, 0) is 60.4 Å². The lowest BCUT2D eigenvalue weighted by molar-refractivity contribution is 0.0692. The number of carboxylic acid groups (broad SMARTS) is 1. The van der Waals surface area contributed by atoms with Gasteiger partial charge >= 0.3 is 5.97 Å². The molecule has 0 heterocycles. The van der Waals surface area contributed by atoms with Gasteiger partial charge in [0, 0.05) is 5.02 Å². The van der Waals surface area contributed by atoms with Crippen LogP contribution >= 0.6 is 11.6 Å². The lowest BCUT2D eigenvalue weighted by Gasteiger charge is -2.13. The molecule has 0 amide bonds. The zero-order valence-corrected chi connectivity index (χ0v) is 15.4. The number of hydrogen-bond donors (Lipinski definition) is 1. The summed E-state index contributed by atoms with van der Waals surface area (Å²) in [6, 6.07) is 18.7. The van der Waals surface area contributed by atoms with Crippen LogP contribution in [0, 0.1) is 13.8 Å². The van der Waals surface area contributed by atoms with Crippen LogP contribution in [0.1, 0.15) is 27.0 Å². The number of carboxylic acids is 1. The predicted molar refractivity (Wildman–Crippen MR) is 104 cm³/mol. The molecular weight excluding hydrogens is 348 g/mol. The molecule has 0 aliphatic rings. The first kappa shape index (κ1) is 18.0. The molecule has 0 bridgehead atoms. The van der Waals surface area contributed by atoms with Crippen molar-refractivity contribution in [3.63, 3.8) is 0 Å². The molecule has 1 N–H and O–H groups in total. The molecule has 3 rings (SSSR count). The molecular formula is C22H19ClO3. The Balaban J connectivity index is 1.89. The van der Waals surface area contributed by atoms with Crippen LogP contribution in [0.4, 0.5) is 0 Å². The van der Waals surface area contributed by atoms with E-state index >= 15 is 0 Å². The summed E-state index contributed by atoms with van der Waals surface area (Å²) in [7, 11) is 0. The van der Waals surface area contributed by atoms with Gasteiger partial charge in [-0.3, -0.25) is 0 Å². The standard InChI is InChI=1S/C22H19ClO3/c1-14-3-9-19(15(2)11-14)17-6-10-21(20(12-17)22(24)25)26-13-16-4-7-18(23)8-5-16/h3-12H,13H2,1-2H3,(H,24,25). The summed E-state index contributed by atoms with van der Waals surface area (Å²) in [5.41, 5.74) is 5.23. The monoisotopic (exact) mass is 366 g/mol. The fourth-order valence-electron chi connectivity index (χ4n) is 2.87. The minimum Gasteiger partial charge on any atom is -0.488 e. The second kappa shape index (κ2) is 7.63. The molecule has 132 valence electrons. The smallest absolute Gasteiger partial charge is 0.339 e. The van der Waals surface area contributed by atoms with E-state index in [1.165, 1.54) is 5.56 Å². The number of benzene rings is 3. The number of aryl methyl sites for hydroxylation is 2. The van der Waals surface area contributed by atoms with Crippen molar-refractivity contribution in [2.45, 2.75) is 20.5 Å². The third-order valence-electron chi connectivity index (χ3n) is 4.21. The second-order valence-electron chi connectivity index (χ2n) is 6.25. The number of rotatable bonds is 5. The first-order chi connectivity index (χ1) is 12.4. The summed E-state index contributed by atoms with van der Waals surface area (Å²) in [5, 5.41) is 10.2. The van der Waals surface area contributed by atoms with Crippen molar-refractivity contribution in [1.82, 2.24) is 0 Å². The van der Waals surface area contributed by atoms with E-state index in [-0.39, 0.29) is 12.2 Å². The van der Waals surface area contributed by atoms with E-state index in [4.69, 9.17) is 16.3 Å². The van der Waals surface area contributed by atoms with Crippen molar-refractivity contribution in [3.8, 4) is 16.9 Å². The van der Waals surface area contributed by atoms with Gasteiger partial charge in [0.1, 0.15) is 17.9 Å². The molecule has 0 atom stereocenters. The molecule has 0 fully saturated rings. The zero-order valence-electron chi connectivity index (χ0n) is 14.6. The number of halogens is 1. The molecule has 0 aliphatic carbocycles. The maximum Gasteiger partial charge on any atom is 0.339 e. The fraction of sp³-hybridized carbons (Fsp3) is 0.136. The highest BCUT2D eigenvalue weighted by molar-refractivity contribution is 6.30. The van der Waals surface area contributed by atoms with Gasteiger partial charge in [-0.25, -0.2) is 4.79 Å². The first-order valence-electron chi connectivity index (χ1n) is 8.26. The maximum absolute atomic E-state index is 11.7. The molecule has 0 spiro atoms. The Bertz CT molecular complexity index is 946. The topological polar surface area (TPSA) is 46.5 Å². The first-order valence-corrected chi connectivity index (χ1v) is 8.64. The maximum atomic E-state index is 11.7. The molecule has 0 aliphatic heterocycles. The Morgan fingerprint density at radius 2 is 1.73 bits per heavy atom. The molecule has 4 heteroatoms. The molecule has 3 nitrogen and oxygen atoms in total. The molecule has 0 radical (unpaired) electrons. The average molecular weight is 367 g/mol. The Labute approximate surface area is 157 Å². The number of hydrogen-bond acceptors (Lipinski definition) is 2. The highest BCUT2D eigenvalue weighted by atomic mass is 35.5. The normalized spacial score (nSPS) is 10.6. The van der Waals surface area contributed by atoms with Crippen molar-refractivity contribution >= 4 is 17.6 Å². The highest BCUT2D eigenvalue weighted by Gasteiger charge is 2.14. The van der Waals surface area contributed by atoms with E-state index in [9.17, 15) is 9.90 Å². The number of aromatic carboxylic acids is 1. The van der Waals surface area contributed by atoms with Gasteiger partial charge in [-0.1, -0.05) is 53.6 Å². The number of carbonyl (C=O) groups is 1. The third kappa shape index (κ3) is 4.06. The van der Waals surface area contributed by atoms with Gasteiger partial charge in [0.25, 0.3) is 0 Å². The van der Waals surface area contributed by atoms with Crippen LogP contribution in [0.3, 0.4) is 0 Å². The van der Waals surface area contributed by atoms with Gasteiger partial charge < -0.3 is 9.84 Å². The zero-order chi connectivity index (χ0) is 18.7. The van der Waals surface area contributed by atoms with E-state index in [0.717, 1.165) is 22.3 Å². The van der Waals surface area contributed by atoms with E-state index in [1.807, 2.05) is 44.2 Å². The van der Waals surface area contributed by atoms with Crippen LogP contribution < -0.4 is 4.74 Å². The molecule has 26 heavy (non-hydrogen) atoms. The number of ether oxygens (including phenoxy) is 1. The van der Waals surface area contributed by atoms with E-state index < -0.39 is 5.97 Å². The van der Waals surface area contributed by atoms with E-state index in [2.05, 4.69) is 6.07 Å². The van der Waals surface area contributed by atoms with E-state index in [1.54, 1.807) is 24.3 Å². The van der Waals surface area contributed by atoms with Gasteiger partial charge in [0.05, 0.1) is 0 Å². The summed E-state index contributed by atoms with van der Waals surface area (Å²) >= 11 is 5.88. The summed E-state index contributed by atoms with van der Waals surface area (Å²) < 4.78 is 5.74. The van der Waals surface area contributed by atoms with Crippen LogP contribution in [0.15, 0.2) is 60.7 Å². The minimum atomic E-state index is -1.01. The summed E-state index contributed by atoms with van der Waals surface area (Å²) in [6.07, 6.45) is 0.